The first-order valence-electron chi connectivity index (χ1n) is 17.1. The fraction of sp³-hybridized carbons (Fsp3) is 0.432. The molecule has 3 aromatic carbocycles. The summed E-state index contributed by atoms with van der Waals surface area (Å²) in [6.45, 7) is 5.84. The van der Waals surface area contributed by atoms with E-state index < -0.39 is 0 Å². The van der Waals surface area contributed by atoms with Crippen molar-refractivity contribution in [2.24, 2.45) is 0 Å². The van der Waals surface area contributed by atoms with Gasteiger partial charge in [-0.3, -0.25) is 4.90 Å². The number of hydrogen-bond acceptors (Lipinski definition) is 5. The Hall–Kier alpha value is -4.57. The first-order valence-corrected chi connectivity index (χ1v) is 17.1. The number of imidazole rings is 1. The number of carbonyl (C=O) groups excluding carboxylic acids is 1. The van der Waals surface area contributed by atoms with Gasteiger partial charge in [0.2, 0.25) is 0 Å². The summed E-state index contributed by atoms with van der Waals surface area (Å²) in [5.41, 5.74) is 7.32. The first kappa shape index (κ1) is 33.8. The number of H-pyrrole nitrogens is 1. The fourth-order valence-electron chi connectivity index (χ4n) is 6.59. The average Bonchev–Trinajstić information content (AvgIpc) is 3.75. The quantitative estimate of drug-likeness (QED) is 0.129. The van der Waals surface area contributed by atoms with Gasteiger partial charge in [0, 0.05) is 36.8 Å². The van der Waals surface area contributed by atoms with Gasteiger partial charge in [-0.25, -0.2) is 14.9 Å². The van der Waals surface area contributed by atoms with Crippen molar-refractivity contribution in [3.05, 3.63) is 78.1 Å². The molecule has 5 aromatic rings. The molecule has 1 saturated carbocycles. The standard InChI is InChI=1S/C37H46N8O.H2O/c1-3-5-12-24-44(37(46)38-29-13-8-7-9-14-29)30-22-23-33-34(25-30)45(35(39-33)17-6-4-2)26-27-18-20-28(21-19-27)31-15-10-11-16-32(31)36-40-42-43-41-36;/h10-11,15-16,18-23,25,29H,3-9,12-14,17,24,26H2,1-2H3,(H,38,46)(H,40,41,42,43);1H2. The van der Waals surface area contributed by atoms with Gasteiger partial charge >= 0.3 is 6.03 Å². The van der Waals surface area contributed by atoms with E-state index in [0.29, 0.717) is 18.9 Å². The SMILES string of the molecule is CCCCCN(C(=O)NC1CCCCC1)c1ccc2nc(CCCC)n(Cc3ccc(-c4ccccc4-c4nnn[nH]4)cc3)c2c1.O. The number of tetrazole rings is 1. The maximum absolute atomic E-state index is 13.7. The highest BCUT2D eigenvalue weighted by Crippen LogP contribution is 2.31. The molecule has 0 atom stereocenters. The smallest absolute Gasteiger partial charge is 0.322 e. The summed E-state index contributed by atoms with van der Waals surface area (Å²) in [6.07, 6.45) is 12.1. The summed E-state index contributed by atoms with van der Waals surface area (Å²) in [5.74, 6) is 1.74. The third kappa shape index (κ3) is 8.05. The van der Waals surface area contributed by atoms with Gasteiger partial charge in [0.05, 0.1) is 11.0 Å². The van der Waals surface area contributed by atoms with Crippen LogP contribution in [0, 0.1) is 0 Å². The molecule has 0 bridgehead atoms. The Bertz CT molecular complexity index is 1710. The lowest BCUT2D eigenvalue weighted by Gasteiger charge is -2.28. The van der Waals surface area contributed by atoms with Crippen molar-refractivity contribution in [3.63, 3.8) is 0 Å². The van der Waals surface area contributed by atoms with Gasteiger partial charge in [-0.2, -0.15) is 0 Å². The molecule has 1 aliphatic carbocycles. The van der Waals surface area contributed by atoms with Crippen LogP contribution >= 0.6 is 0 Å². The number of rotatable bonds is 13. The zero-order chi connectivity index (χ0) is 31.7. The van der Waals surface area contributed by atoms with Crippen LogP contribution in [0.1, 0.15) is 89.4 Å². The number of aromatic nitrogens is 6. The molecular weight excluding hydrogens is 588 g/mol. The number of amides is 2. The van der Waals surface area contributed by atoms with E-state index in [1.54, 1.807) is 0 Å². The van der Waals surface area contributed by atoms with Crippen molar-refractivity contribution in [1.29, 1.82) is 0 Å². The third-order valence-electron chi connectivity index (χ3n) is 9.17. The molecule has 4 N–H and O–H groups in total. The maximum Gasteiger partial charge on any atom is 0.322 e. The van der Waals surface area contributed by atoms with Gasteiger partial charge in [-0.1, -0.05) is 101 Å². The Morgan fingerprint density at radius 3 is 2.43 bits per heavy atom. The topological polar surface area (TPSA) is 136 Å². The molecule has 1 fully saturated rings. The normalized spacial score (nSPS) is 13.4. The average molecular weight is 637 g/mol. The lowest BCUT2D eigenvalue weighted by molar-refractivity contribution is 0.238. The number of fused-ring (bicyclic) bond motifs is 1. The molecule has 0 spiro atoms. The highest BCUT2D eigenvalue weighted by molar-refractivity contribution is 5.94. The number of unbranched alkanes of at least 4 members (excludes halogenated alkanes) is 3. The van der Waals surface area contributed by atoms with Gasteiger partial charge in [-0.15, -0.1) is 5.10 Å². The molecule has 0 radical (unpaired) electrons. The van der Waals surface area contributed by atoms with Crippen molar-refractivity contribution in [2.45, 2.75) is 97.1 Å². The second-order valence-corrected chi connectivity index (χ2v) is 12.5. The van der Waals surface area contributed by atoms with Gasteiger partial charge in [0.1, 0.15) is 5.82 Å². The van der Waals surface area contributed by atoms with Crippen molar-refractivity contribution < 1.29 is 10.3 Å². The highest BCUT2D eigenvalue weighted by Gasteiger charge is 2.22. The molecule has 2 heterocycles. The largest absolute Gasteiger partial charge is 0.412 e. The number of nitrogens with zero attached hydrogens (tertiary/aromatic N) is 6. The summed E-state index contributed by atoms with van der Waals surface area (Å²) >= 11 is 0. The van der Waals surface area contributed by atoms with Crippen LogP contribution in [-0.4, -0.2) is 54.3 Å². The number of aryl methyl sites for hydroxylation is 1. The van der Waals surface area contributed by atoms with Crippen LogP contribution in [0.15, 0.2) is 66.7 Å². The molecule has 47 heavy (non-hydrogen) atoms. The zero-order valence-corrected chi connectivity index (χ0v) is 27.7. The molecule has 1 aliphatic rings. The van der Waals surface area contributed by atoms with E-state index in [9.17, 15) is 4.79 Å². The molecule has 0 aliphatic heterocycles. The van der Waals surface area contributed by atoms with Crippen LogP contribution in [-0.2, 0) is 13.0 Å². The minimum atomic E-state index is 0. The van der Waals surface area contributed by atoms with E-state index in [-0.39, 0.29) is 17.5 Å². The number of nitrogens with one attached hydrogen (secondary N) is 2. The molecule has 10 heteroatoms. The lowest BCUT2D eigenvalue weighted by Crippen LogP contribution is -2.46. The molecule has 0 unspecified atom stereocenters. The fourth-order valence-corrected chi connectivity index (χ4v) is 6.59. The Morgan fingerprint density at radius 2 is 1.70 bits per heavy atom. The van der Waals surface area contributed by atoms with Crippen molar-refractivity contribution in [1.82, 2.24) is 35.5 Å². The number of benzene rings is 3. The number of urea groups is 1. The van der Waals surface area contributed by atoms with Crippen molar-refractivity contribution >= 4 is 22.8 Å². The summed E-state index contributed by atoms with van der Waals surface area (Å²) in [4.78, 5) is 20.7. The van der Waals surface area contributed by atoms with E-state index in [0.717, 1.165) is 90.6 Å². The van der Waals surface area contributed by atoms with Crippen molar-refractivity contribution in [2.75, 3.05) is 11.4 Å². The van der Waals surface area contributed by atoms with E-state index in [4.69, 9.17) is 4.98 Å². The molecule has 6 rings (SSSR count). The second kappa shape index (κ2) is 16.3. The molecule has 2 aromatic heterocycles. The molecular formula is C37H48N8O2. The van der Waals surface area contributed by atoms with Gasteiger partial charge < -0.3 is 15.4 Å². The Kier molecular flexibility index (Phi) is 11.7. The summed E-state index contributed by atoms with van der Waals surface area (Å²) < 4.78 is 2.35. The van der Waals surface area contributed by atoms with Crippen molar-refractivity contribution in [3.8, 4) is 22.5 Å². The van der Waals surface area contributed by atoms with Crippen LogP contribution in [0.3, 0.4) is 0 Å². The monoisotopic (exact) mass is 636 g/mol. The number of aromatic amines is 1. The minimum absolute atomic E-state index is 0. The Morgan fingerprint density at radius 1 is 0.936 bits per heavy atom. The highest BCUT2D eigenvalue weighted by atomic mass is 16.2. The van der Waals surface area contributed by atoms with Gasteiger partial charge in [0.15, 0.2) is 5.82 Å². The minimum Gasteiger partial charge on any atom is -0.412 e. The van der Waals surface area contributed by atoms with Crippen LogP contribution < -0.4 is 10.2 Å². The number of carbonyl (C=O) groups is 1. The first-order chi connectivity index (χ1) is 22.6. The van der Waals surface area contributed by atoms with Crippen LogP contribution in [0.2, 0.25) is 0 Å². The molecule has 10 nitrogen and oxygen atoms in total. The van der Waals surface area contributed by atoms with Crippen LogP contribution in [0.25, 0.3) is 33.5 Å². The number of anilines is 1. The van der Waals surface area contributed by atoms with Crippen LogP contribution in [0.4, 0.5) is 10.5 Å². The molecule has 2 amide bonds. The van der Waals surface area contributed by atoms with E-state index >= 15 is 0 Å². The molecule has 248 valence electrons. The second-order valence-electron chi connectivity index (χ2n) is 12.5. The van der Waals surface area contributed by atoms with Gasteiger partial charge in [0.25, 0.3) is 0 Å². The Balaban J connectivity index is 0.00000433. The zero-order valence-electron chi connectivity index (χ0n) is 27.7. The number of hydrogen-bond donors (Lipinski definition) is 2. The van der Waals surface area contributed by atoms with Crippen LogP contribution in [0.5, 0.6) is 0 Å². The third-order valence-corrected chi connectivity index (χ3v) is 9.17. The lowest BCUT2D eigenvalue weighted by atomic mass is 9.96. The van der Waals surface area contributed by atoms with Gasteiger partial charge in [-0.05, 0) is 71.0 Å². The Labute approximate surface area is 277 Å². The van der Waals surface area contributed by atoms with E-state index in [1.807, 2.05) is 23.1 Å². The van der Waals surface area contributed by atoms with E-state index in [1.165, 1.54) is 24.8 Å². The predicted molar refractivity (Wildman–Crippen MR) is 188 cm³/mol. The summed E-state index contributed by atoms with van der Waals surface area (Å²) in [5, 5.41) is 17.9. The predicted octanol–water partition coefficient (Wildman–Crippen LogP) is 7.49. The van der Waals surface area contributed by atoms with E-state index in [2.05, 4.69) is 92.9 Å². The maximum atomic E-state index is 13.7. The molecule has 0 saturated heterocycles. The summed E-state index contributed by atoms with van der Waals surface area (Å²) in [7, 11) is 0. The summed E-state index contributed by atoms with van der Waals surface area (Å²) in [6, 6.07) is 23.5.